The van der Waals surface area contributed by atoms with Crippen molar-refractivity contribution in [3.63, 3.8) is 0 Å². The van der Waals surface area contributed by atoms with E-state index in [2.05, 4.69) is 29.2 Å². The fourth-order valence-electron chi connectivity index (χ4n) is 4.41. The molecule has 1 amide bonds. The zero-order valence-electron chi connectivity index (χ0n) is 18.2. The zero-order valence-corrected chi connectivity index (χ0v) is 18.2. The fourth-order valence-corrected chi connectivity index (χ4v) is 4.41. The number of piperazine rings is 1. The quantitative estimate of drug-likeness (QED) is 0.681. The normalized spacial score (nSPS) is 17.7. The molecule has 0 bridgehead atoms. The molecule has 0 aromatic heterocycles. The van der Waals surface area contributed by atoms with Crippen LogP contribution in [0.4, 0.5) is 17.1 Å². The summed E-state index contributed by atoms with van der Waals surface area (Å²) in [6, 6.07) is 25.9. The molecule has 6 nitrogen and oxygen atoms in total. The summed E-state index contributed by atoms with van der Waals surface area (Å²) in [7, 11) is 1.64. The van der Waals surface area contributed by atoms with Gasteiger partial charge in [-0.3, -0.25) is 9.69 Å². The number of benzene rings is 3. The molecule has 0 atom stereocenters. The summed E-state index contributed by atoms with van der Waals surface area (Å²) in [6.45, 7) is 4.60. The molecule has 3 aromatic rings. The van der Waals surface area contributed by atoms with Crippen LogP contribution in [-0.4, -0.2) is 51.6 Å². The Bertz CT molecular complexity index is 1120. The first-order valence-corrected chi connectivity index (χ1v) is 11.0. The predicted molar refractivity (Wildman–Crippen MR) is 127 cm³/mol. The van der Waals surface area contributed by atoms with E-state index in [1.165, 1.54) is 10.6 Å². The number of carbonyl (C=O) groups is 1. The van der Waals surface area contributed by atoms with Crippen molar-refractivity contribution in [3.8, 4) is 5.75 Å². The molecule has 2 aliphatic rings. The number of anilines is 2. The van der Waals surface area contributed by atoms with E-state index in [1.807, 2.05) is 59.5 Å². The average molecular weight is 428 g/mol. The fraction of sp³-hybridized carbons (Fsp3) is 0.231. The second kappa shape index (κ2) is 8.85. The van der Waals surface area contributed by atoms with Gasteiger partial charge in [0.15, 0.2) is 6.67 Å². The number of ether oxygens (including phenoxy) is 1. The number of para-hydroxylation sites is 2. The van der Waals surface area contributed by atoms with Gasteiger partial charge in [0, 0.05) is 11.3 Å². The summed E-state index contributed by atoms with van der Waals surface area (Å²) in [6.07, 6.45) is 0. The average Bonchev–Trinajstić information content (AvgIpc) is 3.11. The van der Waals surface area contributed by atoms with Crippen molar-refractivity contribution in [3.05, 3.63) is 84.4 Å². The van der Waals surface area contributed by atoms with Crippen molar-refractivity contribution in [2.24, 2.45) is 4.99 Å². The van der Waals surface area contributed by atoms with Gasteiger partial charge in [-0.2, -0.15) is 0 Å². The van der Waals surface area contributed by atoms with E-state index in [-0.39, 0.29) is 5.91 Å². The Hall–Kier alpha value is -3.64. The largest absolute Gasteiger partial charge is 0.497 e. The van der Waals surface area contributed by atoms with Gasteiger partial charge in [0.25, 0.3) is 5.91 Å². The SMILES string of the molecule is COc1ccc(N=C2C(=O)N(C[NH+]3CCN(c4ccccc4)CC3)c3ccccc32)cc1. The summed E-state index contributed by atoms with van der Waals surface area (Å²) >= 11 is 0. The van der Waals surface area contributed by atoms with E-state index >= 15 is 0 Å². The van der Waals surface area contributed by atoms with Crippen molar-refractivity contribution in [2.45, 2.75) is 0 Å². The second-order valence-electron chi connectivity index (χ2n) is 8.14. The molecular formula is C26H27N4O2+. The monoisotopic (exact) mass is 427 g/mol. The maximum atomic E-state index is 13.4. The summed E-state index contributed by atoms with van der Waals surface area (Å²) in [4.78, 5) is 23.8. The third-order valence-electron chi connectivity index (χ3n) is 6.18. The highest BCUT2D eigenvalue weighted by atomic mass is 16.5. The molecule has 5 rings (SSSR count). The van der Waals surface area contributed by atoms with Crippen molar-refractivity contribution in [2.75, 3.05) is 49.8 Å². The van der Waals surface area contributed by atoms with E-state index < -0.39 is 0 Å². The lowest BCUT2D eigenvalue weighted by atomic mass is 10.1. The van der Waals surface area contributed by atoms with Crippen molar-refractivity contribution < 1.29 is 14.4 Å². The minimum Gasteiger partial charge on any atom is -0.497 e. The number of amides is 1. The summed E-state index contributed by atoms with van der Waals surface area (Å²) in [5.41, 5.74) is 4.36. The van der Waals surface area contributed by atoms with Gasteiger partial charge in [-0.1, -0.05) is 36.4 Å². The maximum Gasteiger partial charge on any atom is 0.281 e. The Balaban J connectivity index is 1.33. The van der Waals surface area contributed by atoms with Crippen molar-refractivity contribution >= 4 is 28.7 Å². The Kier molecular flexibility index (Phi) is 5.60. The van der Waals surface area contributed by atoms with E-state index in [0.29, 0.717) is 12.4 Å². The van der Waals surface area contributed by atoms with Gasteiger partial charge in [0.05, 0.1) is 44.7 Å². The van der Waals surface area contributed by atoms with Gasteiger partial charge < -0.3 is 14.5 Å². The van der Waals surface area contributed by atoms with E-state index in [9.17, 15) is 4.79 Å². The van der Waals surface area contributed by atoms with Crippen LogP contribution in [0.1, 0.15) is 5.56 Å². The van der Waals surface area contributed by atoms with Gasteiger partial charge in [0.2, 0.25) is 0 Å². The van der Waals surface area contributed by atoms with E-state index in [0.717, 1.165) is 48.9 Å². The Labute approximate surface area is 188 Å². The van der Waals surface area contributed by atoms with E-state index in [4.69, 9.17) is 9.73 Å². The molecule has 0 unspecified atom stereocenters. The van der Waals surface area contributed by atoms with Gasteiger partial charge in [0.1, 0.15) is 11.5 Å². The molecule has 6 heteroatoms. The van der Waals surface area contributed by atoms with Crippen LogP contribution in [0.3, 0.4) is 0 Å². The molecule has 1 N–H and O–H groups in total. The van der Waals surface area contributed by atoms with Crippen LogP contribution in [0, 0.1) is 0 Å². The molecule has 0 saturated carbocycles. The number of methoxy groups -OCH3 is 1. The lowest BCUT2D eigenvalue weighted by Gasteiger charge is -2.35. The van der Waals surface area contributed by atoms with Crippen LogP contribution in [0.15, 0.2) is 83.9 Å². The number of rotatable bonds is 5. The molecule has 2 heterocycles. The van der Waals surface area contributed by atoms with Crippen LogP contribution < -0.4 is 19.4 Å². The molecule has 0 aliphatic carbocycles. The lowest BCUT2D eigenvalue weighted by molar-refractivity contribution is -0.899. The number of aliphatic imine (C=N–C) groups is 1. The van der Waals surface area contributed by atoms with Crippen LogP contribution in [-0.2, 0) is 4.79 Å². The highest BCUT2D eigenvalue weighted by Gasteiger charge is 2.36. The first-order chi connectivity index (χ1) is 15.7. The number of hydrogen-bond donors (Lipinski definition) is 1. The Morgan fingerprint density at radius 1 is 0.906 bits per heavy atom. The van der Waals surface area contributed by atoms with Gasteiger partial charge in [-0.15, -0.1) is 0 Å². The summed E-state index contributed by atoms with van der Waals surface area (Å²) in [5, 5.41) is 0. The third kappa shape index (κ3) is 3.97. The molecule has 3 aromatic carbocycles. The minimum absolute atomic E-state index is 0.0278. The highest BCUT2D eigenvalue weighted by molar-refractivity contribution is 6.54. The van der Waals surface area contributed by atoms with Gasteiger partial charge in [-0.05, 0) is 42.5 Å². The van der Waals surface area contributed by atoms with E-state index in [1.54, 1.807) is 7.11 Å². The third-order valence-corrected chi connectivity index (χ3v) is 6.18. The summed E-state index contributed by atoms with van der Waals surface area (Å²) < 4.78 is 5.22. The number of nitrogens with one attached hydrogen (secondary N) is 1. The van der Waals surface area contributed by atoms with Crippen LogP contribution >= 0.6 is 0 Å². The Morgan fingerprint density at radius 2 is 1.59 bits per heavy atom. The molecule has 1 saturated heterocycles. The molecule has 32 heavy (non-hydrogen) atoms. The number of nitrogens with zero attached hydrogens (tertiary/aromatic N) is 3. The molecule has 0 radical (unpaired) electrons. The number of quaternary nitrogens is 1. The second-order valence-corrected chi connectivity index (χ2v) is 8.14. The Morgan fingerprint density at radius 3 is 2.31 bits per heavy atom. The highest BCUT2D eigenvalue weighted by Crippen LogP contribution is 2.30. The first-order valence-electron chi connectivity index (χ1n) is 11.0. The minimum atomic E-state index is -0.0278. The molecular weight excluding hydrogens is 400 g/mol. The maximum absolute atomic E-state index is 13.4. The standard InChI is InChI=1S/C26H26N4O2/c1-32-22-13-11-20(12-14-22)27-25-23-9-5-6-10-24(23)30(26(25)31)19-28-15-17-29(18-16-28)21-7-3-2-4-8-21/h2-14H,15-19H2,1H3/p+1. The predicted octanol–water partition coefficient (Wildman–Crippen LogP) is 2.53. The molecule has 0 spiro atoms. The van der Waals surface area contributed by atoms with Crippen LogP contribution in [0.25, 0.3) is 0 Å². The lowest BCUT2D eigenvalue weighted by Crippen LogP contribution is -3.16. The molecule has 1 fully saturated rings. The number of carbonyl (C=O) groups excluding carboxylic acids is 1. The first kappa shape index (κ1) is 20.3. The smallest absolute Gasteiger partial charge is 0.281 e. The van der Waals surface area contributed by atoms with Crippen molar-refractivity contribution in [1.29, 1.82) is 0 Å². The van der Waals surface area contributed by atoms with Crippen molar-refractivity contribution in [1.82, 2.24) is 0 Å². The van der Waals surface area contributed by atoms with Gasteiger partial charge in [-0.25, -0.2) is 4.99 Å². The van der Waals surface area contributed by atoms with Crippen LogP contribution in [0.5, 0.6) is 5.75 Å². The van der Waals surface area contributed by atoms with Crippen LogP contribution in [0.2, 0.25) is 0 Å². The number of fused-ring (bicyclic) bond motifs is 1. The topological polar surface area (TPSA) is 49.6 Å². The molecule has 2 aliphatic heterocycles. The summed E-state index contributed by atoms with van der Waals surface area (Å²) in [5.74, 6) is 0.743. The van der Waals surface area contributed by atoms with Gasteiger partial charge >= 0.3 is 0 Å². The zero-order chi connectivity index (χ0) is 21.9. The molecule has 162 valence electrons. The number of hydrogen-bond acceptors (Lipinski definition) is 4.